The average molecular weight is 473 g/mol. The predicted octanol–water partition coefficient (Wildman–Crippen LogP) is 7.57. The number of hydrogen-bond acceptors (Lipinski definition) is 2. The molecular formula is C21H15Br2NS. The van der Waals surface area contributed by atoms with Crippen molar-refractivity contribution in [2.24, 2.45) is 4.99 Å². The highest BCUT2D eigenvalue weighted by Gasteiger charge is 2.22. The average Bonchev–Trinajstić information content (AvgIpc) is 2.82. The first kappa shape index (κ1) is 17.1. The van der Waals surface area contributed by atoms with Crippen LogP contribution in [0.5, 0.6) is 0 Å². The third-order valence-corrected chi connectivity index (χ3v) is 6.57. The Morgan fingerprint density at radius 3 is 2.16 bits per heavy atom. The molecule has 0 amide bonds. The molecule has 25 heavy (non-hydrogen) atoms. The minimum absolute atomic E-state index is 0.346. The summed E-state index contributed by atoms with van der Waals surface area (Å²) in [4.78, 5) is 6.24. The molecule has 124 valence electrons. The van der Waals surface area contributed by atoms with Gasteiger partial charge in [0, 0.05) is 31.2 Å². The van der Waals surface area contributed by atoms with Crippen LogP contribution >= 0.6 is 43.6 Å². The van der Waals surface area contributed by atoms with Crippen molar-refractivity contribution in [1.82, 2.24) is 0 Å². The van der Waals surface area contributed by atoms with Crippen molar-refractivity contribution in [2.75, 3.05) is 0 Å². The molecule has 1 unspecified atom stereocenters. The largest absolute Gasteiger partial charge is 0.252 e. The summed E-state index contributed by atoms with van der Waals surface area (Å²) in [5, 5.41) is 0.346. The van der Waals surface area contributed by atoms with E-state index in [1.807, 2.05) is 11.8 Å². The topological polar surface area (TPSA) is 12.4 Å². The molecule has 0 aromatic heterocycles. The van der Waals surface area contributed by atoms with E-state index in [2.05, 4.69) is 105 Å². The summed E-state index contributed by atoms with van der Waals surface area (Å²) in [6.45, 7) is 0. The number of para-hydroxylation sites is 1. The first-order chi connectivity index (χ1) is 12.2. The van der Waals surface area contributed by atoms with Gasteiger partial charge in [0.1, 0.15) is 0 Å². The number of nitrogens with zero attached hydrogens (tertiary/aromatic N) is 1. The van der Waals surface area contributed by atoms with E-state index in [1.165, 1.54) is 16.0 Å². The van der Waals surface area contributed by atoms with Gasteiger partial charge in [-0.05, 0) is 47.5 Å². The zero-order valence-electron chi connectivity index (χ0n) is 13.3. The van der Waals surface area contributed by atoms with Gasteiger partial charge in [0.2, 0.25) is 0 Å². The molecule has 1 aliphatic rings. The molecule has 3 aromatic rings. The Kier molecular flexibility index (Phi) is 5.11. The molecule has 3 aromatic carbocycles. The molecule has 1 aliphatic heterocycles. The van der Waals surface area contributed by atoms with Crippen LogP contribution < -0.4 is 0 Å². The van der Waals surface area contributed by atoms with Crippen molar-refractivity contribution >= 4 is 55.0 Å². The first-order valence-electron chi connectivity index (χ1n) is 8.04. The van der Waals surface area contributed by atoms with Gasteiger partial charge in [0.15, 0.2) is 0 Å². The zero-order chi connectivity index (χ0) is 17.2. The molecular weight excluding hydrogens is 458 g/mol. The van der Waals surface area contributed by atoms with Crippen molar-refractivity contribution in [3.05, 3.63) is 92.9 Å². The van der Waals surface area contributed by atoms with Crippen LogP contribution in [0.25, 0.3) is 0 Å². The van der Waals surface area contributed by atoms with E-state index >= 15 is 0 Å². The highest BCUT2D eigenvalue weighted by Crippen LogP contribution is 2.45. The van der Waals surface area contributed by atoms with Crippen molar-refractivity contribution in [3.63, 3.8) is 0 Å². The minimum Gasteiger partial charge on any atom is -0.252 e. The van der Waals surface area contributed by atoms with Crippen LogP contribution in [0.3, 0.4) is 0 Å². The lowest BCUT2D eigenvalue weighted by Crippen LogP contribution is -2.05. The van der Waals surface area contributed by atoms with Gasteiger partial charge < -0.3 is 0 Å². The number of rotatable bonds is 2. The summed E-state index contributed by atoms with van der Waals surface area (Å²) in [6.07, 6.45) is 0.905. The number of halogens is 2. The molecule has 1 nitrogen and oxygen atoms in total. The SMILES string of the molecule is Brc1ccc(C2=Nc3ccccc3SC(c3ccc(Br)cc3)C2)cc1. The third kappa shape index (κ3) is 3.91. The van der Waals surface area contributed by atoms with Crippen LogP contribution in [0.4, 0.5) is 5.69 Å². The minimum atomic E-state index is 0.346. The molecule has 1 atom stereocenters. The lowest BCUT2D eigenvalue weighted by atomic mass is 10.0. The van der Waals surface area contributed by atoms with Gasteiger partial charge in [-0.25, -0.2) is 0 Å². The summed E-state index contributed by atoms with van der Waals surface area (Å²) in [5.74, 6) is 0. The number of fused-ring (bicyclic) bond motifs is 1. The molecule has 0 aliphatic carbocycles. The normalized spacial score (nSPS) is 16.7. The van der Waals surface area contributed by atoms with Gasteiger partial charge >= 0.3 is 0 Å². The second kappa shape index (κ2) is 7.48. The number of benzene rings is 3. The zero-order valence-corrected chi connectivity index (χ0v) is 17.3. The number of aliphatic imine (C=N–C) groups is 1. The lowest BCUT2D eigenvalue weighted by Gasteiger charge is -2.16. The van der Waals surface area contributed by atoms with Gasteiger partial charge in [-0.15, -0.1) is 11.8 Å². The second-order valence-corrected chi connectivity index (χ2v) is 8.97. The van der Waals surface area contributed by atoms with E-state index in [9.17, 15) is 0 Å². The Labute approximate surface area is 168 Å². The molecule has 4 heteroatoms. The van der Waals surface area contributed by atoms with Gasteiger partial charge in [-0.2, -0.15) is 0 Å². The van der Waals surface area contributed by atoms with Gasteiger partial charge in [-0.1, -0.05) is 68.3 Å². The van der Waals surface area contributed by atoms with Gasteiger partial charge in [-0.3, -0.25) is 4.99 Å². The Morgan fingerprint density at radius 2 is 1.44 bits per heavy atom. The van der Waals surface area contributed by atoms with Crippen LogP contribution in [0.15, 0.2) is 91.6 Å². The van der Waals surface area contributed by atoms with E-state index in [0.29, 0.717) is 5.25 Å². The first-order valence-corrected chi connectivity index (χ1v) is 10.5. The molecule has 0 N–H and O–H groups in total. The Hall–Kier alpha value is -1.36. The Morgan fingerprint density at radius 1 is 0.800 bits per heavy atom. The van der Waals surface area contributed by atoms with Crippen molar-refractivity contribution in [2.45, 2.75) is 16.6 Å². The monoisotopic (exact) mass is 471 g/mol. The molecule has 0 saturated heterocycles. The summed E-state index contributed by atoms with van der Waals surface area (Å²) in [6, 6.07) is 25.5. The molecule has 0 bridgehead atoms. The Balaban J connectivity index is 1.78. The van der Waals surface area contributed by atoms with E-state index in [-0.39, 0.29) is 0 Å². The molecule has 0 fully saturated rings. The Bertz CT molecular complexity index is 917. The maximum absolute atomic E-state index is 5.00. The number of hydrogen-bond donors (Lipinski definition) is 0. The van der Waals surface area contributed by atoms with Crippen LogP contribution in [0.2, 0.25) is 0 Å². The van der Waals surface area contributed by atoms with Crippen molar-refractivity contribution < 1.29 is 0 Å². The van der Waals surface area contributed by atoms with Crippen LogP contribution in [0.1, 0.15) is 22.8 Å². The summed E-state index contributed by atoms with van der Waals surface area (Å²) in [7, 11) is 0. The maximum atomic E-state index is 5.00. The fraction of sp³-hybridized carbons (Fsp3) is 0.0952. The van der Waals surface area contributed by atoms with Crippen LogP contribution in [-0.2, 0) is 0 Å². The highest BCUT2D eigenvalue weighted by molar-refractivity contribution is 9.10. The smallest absolute Gasteiger partial charge is 0.0769 e. The lowest BCUT2D eigenvalue weighted by molar-refractivity contribution is 1.01. The van der Waals surface area contributed by atoms with Crippen molar-refractivity contribution in [1.29, 1.82) is 0 Å². The molecule has 1 heterocycles. The predicted molar refractivity (Wildman–Crippen MR) is 114 cm³/mol. The highest BCUT2D eigenvalue weighted by atomic mass is 79.9. The maximum Gasteiger partial charge on any atom is 0.0769 e. The molecule has 4 rings (SSSR count). The quantitative estimate of drug-likeness (QED) is 0.374. The van der Waals surface area contributed by atoms with E-state index in [1.54, 1.807) is 0 Å². The fourth-order valence-electron chi connectivity index (χ4n) is 2.90. The van der Waals surface area contributed by atoms with Gasteiger partial charge in [0.05, 0.1) is 5.69 Å². The molecule has 0 saturated carbocycles. The van der Waals surface area contributed by atoms with E-state index in [0.717, 1.165) is 26.8 Å². The summed E-state index contributed by atoms with van der Waals surface area (Å²) < 4.78 is 2.20. The molecule has 0 spiro atoms. The fourth-order valence-corrected chi connectivity index (χ4v) is 4.66. The van der Waals surface area contributed by atoms with Crippen molar-refractivity contribution in [3.8, 4) is 0 Å². The van der Waals surface area contributed by atoms with Crippen LogP contribution in [-0.4, -0.2) is 5.71 Å². The van der Waals surface area contributed by atoms with E-state index in [4.69, 9.17) is 4.99 Å². The second-order valence-electron chi connectivity index (χ2n) is 5.90. The third-order valence-electron chi connectivity index (χ3n) is 4.19. The van der Waals surface area contributed by atoms with E-state index < -0.39 is 0 Å². The summed E-state index contributed by atoms with van der Waals surface area (Å²) >= 11 is 8.95. The van der Waals surface area contributed by atoms with Crippen LogP contribution in [0, 0.1) is 0 Å². The van der Waals surface area contributed by atoms with Gasteiger partial charge in [0.25, 0.3) is 0 Å². The molecule has 0 radical (unpaired) electrons. The summed E-state index contributed by atoms with van der Waals surface area (Å²) in [5.41, 5.74) is 4.71. The standard InChI is InChI=1S/C21H15Br2NS/c22-16-9-5-14(6-10-16)19-13-21(15-7-11-17(23)12-8-15)25-20-4-2-1-3-18(20)24-19/h1-12,21H,13H2. The number of thioether (sulfide) groups is 1.